The fourth-order valence-corrected chi connectivity index (χ4v) is 1.57. The van der Waals surface area contributed by atoms with Gasteiger partial charge < -0.3 is 8.94 Å². The molecule has 0 fully saturated rings. The molecule has 0 amide bonds. The minimum absolute atomic E-state index is 0.401. The van der Waals surface area contributed by atoms with Crippen molar-refractivity contribution in [3.05, 3.63) is 24.5 Å². The predicted molar refractivity (Wildman–Crippen MR) is 55.3 cm³/mol. The van der Waals surface area contributed by atoms with Crippen LogP contribution < -0.4 is 0 Å². The van der Waals surface area contributed by atoms with E-state index < -0.39 is 0 Å². The van der Waals surface area contributed by atoms with Crippen molar-refractivity contribution in [2.75, 3.05) is 0 Å². The third-order valence-electron chi connectivity index (χ3n) is 2.58. The van der Waals surface area contributed by atoms with E-state index >= 15 is 0 Å². The normalized spacial score (nSPS) is 11.1. The van der Waals surface area contributed by atoms with Gasteiger partial charge in [-0.3, -0.25) is 0 Å². The largest absolute Gasteiger partial charge is 0.440 e. The fraction of sp³-hybridized carbons (Fsp3) is 0.455. The number of rotatable bonds is 4. The van der Waals surface area contributed by atoms with Crippen LogP contribution >= 0.6 is 0 Å². The predicted octanol–water partition coefficient (Wildman–Crippen LogP) is 3.23. The Morgan fingerprint density at radius 2 is 2.07 bits per heavy atom. The lowest BCUT2D eigenvalue weighted by atomic mass is 10.0. The number of hydrogen-bond donors (Lipinski definition) is 0. The first-order valence-electron chi connectivity index (χ1n) is 5.20. The highest BCUT2D eigenvalue weighted by Crippen LogP contribution is 2.26. The topological polar surface area (TPSA) is 52.1 Å². The summed E-state index contributed by atoms with van der Waals surface area (Å²) in [5.41, 5.74) is 0.833. The van der Waals surface area contributed by atoms with Gasteiger partial charge in [-0.15, -0.1) is 0 Å². The summed E-state index contributed by atoms with van der Waals surface area (Å²) in [6, 6.07) is 0. The van der Waals surface area contributed by atoms with E-state index in [1.165, 1.54) is 0 Å². The van der Waals surface area contributed by atoms with Gasteiger partial charge in [-0.25, -0.2) is 4.98 Å². The minimum Gasteiger partial charge on any atom is -0.440 e. The summed E-state index contributed by atoms with van der Waals surface area (Å²) in [4.78, 5) is 4.28. The highest BCUT2D eigenvalue weighted by atomic mass is 16.5. The Kier molecular flexibility index (Phi) is 2.85. The van der Waals surface area contributed by atoms with E-state index in [1.54, 1.807) is 18.7 Å². The fourth-order valence-electron chi connectivity index (χ4n) is 1.57. The first-order chi connectivity index (χ1) is 7.35. The molecule has 0 aromatic carbocycles. The van der Waals surface area contributed by atoms with Gasteiger partial charge in [-0.1, -0.05) is 19.0 Å². The molecule has 0 aliphatic carbocycles. The van der Waals surface area contributed by atoms with Crippen molar-refractivity contribution in [1.29, 1.82) is 0 Å². The summed E-state index contributed by atoms with van der Waals surface area (Å²) in [7, 11) is 0. The average Bonchev–Trinajstić information content (AvgIpc) is 2.89. The summed E-state index contributed by atoms with van der Waals surface area (Å²) in [5.74, 6) is 1.92. The monoisotopic (exact) mass is 206 g/mol. The molecule has 15 heavy (non-hydrogen) atoms. The van der Waals surface area contributed by atoms with Gasteiger partial charge in [0.1, 0.15) is 6.26 Å². The molecule has 0 unspecified atom stereocenters. The maximum Gasteiger partial charge on any atom is 0.197 e. The number of nitrogens with zero attached hydrogens (tertiary/aromatic N) is 2. The van der Waals surface area contributed by atoms with E-state index in [1.807, 2.05) is 0 Å². The number of hydrogen-bond acceptors (Lipinski definition) is 4. The molecular weight excluding hydrogens is 192 g/mol. The molecule has 0 saturated carbocycles. The maximum atomic E-state index is 5.66. The Hall–Kier alpha value is -1.58. The van der Waals surface area contributed by atoms with Gasteiger partial charge in [0.05, 0.1) is 18.0 Å². The van der Waals surface area contributed by atoms with Gasteiger partial charge in [0.25, 0.3) is 0 Å². The zero-order valence-electron chi connectivity index (χ0n) is 8.93. The van der Waals surface area contributed by atoms with Crippen molar-refractivity contribution < 1.29 is 8.94 Å². The lowest BCUT2D eigenvalue weighted by Gasteiger charge is -2.05. The molecule has 0 aliphatic heterocycles. The number of oxazole rings is 1. The second kappa shape index (κ2) is 4.29. The molecule has 0 saturated heterocycles. The summed E-state index contributed by atoms with van der Waals surface area (Å²) in [6.07, 6.45) is 6.98. The first kappa shape index (κ1) is 9.96. The van der Waals surface area contributed by atoms with Crippen molar-refractivity contribution in [3.8, 4) is 11.3 Å². The van der Waals surface area contributed by atoms with Crippen molar-refractivity contribution in [2.45, 2.75) is 32.6 Å². The minimum atomic E-state index is 0.401. The van der Waals surface area contributed by atoms with Gasteiger partial charge in [0.15, 0.2) is 11.7 Å². The van der Waals surface area contributed by atoms with E-state index in [-0.39, 0.29) is 0 Å². The van der Waals surface area contributed by atoms with E-state index in [4.69, 9.17) is 8.94 Å². The molecule has 2 rings (SSSR count). The third-order valence-corrected chi connectivity index (χ3v) is 2.58. The second-order valence-corrected chi connectivity index (χ2v) is 3.49. The van der Waals surface area contributed by atoms with Crippen LogP contribution in [0.4, 0.5) is 0 Å². The molecule has 2 aromatic rings. The summed E-state index contributed by atoms with van der Waals surface area (Å²) < 4.78 is 10.4. The highest BCUT2D eigenvalue weighted by Gasteiger charge is 2.14. The molecule has 2 heterocycles. The molecule has 2 aromatic heterocycles. The summed E-state index contributed by atoms with van der Waals surface area (Å²) in [5, 5.41) is 3.63. The molecule has 80 valence electrons. The molecule has 4 nitrogen and oxygen atoms in total. The smallest absolute Gasteiger partial charge is 0.197 e. The van der Waals surface area contributed by atoms with Crippen LogP contribution in [-0.4, -0.2) is 10.1 Å². The Bertz CT molecular complexity index is 402. The Balaban J connectivity index is 2.24. The molecule has 0 N–H and O–H groups in total. The maximum absolute atomic E-state index is 5.66. The van der Waals surface area contributed by atoms with Crippen LogP contribution in [0.2, 0.25) is 0 Å². The quantitative estimate of drug-likeness (QED) is 0.770. The van der Waals surface area contributed by atoms with E-state index in [2.05, 4.69) is 24.0 Å². The second-order valence-electron chi connectivity index (χ2n) is 3.49. The van der Waals surface area contributed by atoms with Gasteiger partial charge in [-0.05, 0) is 12.8 Å². The van der Waals surface area contributed by atoms with E-state index in [0.29, 0.717) is 5.92 Å². The van der Waals surface area contributed by atoms with Gasteiger partial charge in [-0.2, -0.15) is 0 Å². The van der Waals surface area contributed by atoms with E-state index in [9.17, 15) is 0 Å². The zero-order valence-corrected chi connectivity index (χ0v) is 8.93. The lowest BCUT2D eigenvalue weighted by Crippen LogP contribution is -1.94. The van der Waals surface area contributed by atoms with Crippen LogP contribution in [0, 0.1) is 0 Å². The van der Waals surface area contributed by atoms with Crippen LogP contribution in [-0.2, 0) is 0 Å². The Labute approximate surface area is 88.3 Å². The standard InChI is InChI=1S/C11H14N2O2/c1-3-8(4-2)11-12-6-10(15-11)9-5-13-14-7-9/h5-8H,3-4H2,1-2H3. The lowest BCUT2D eigenvalue weighted by molar-refractivity contribution is 0.418. The SMILES string of the molecule is CCC(CC)c1ncc(-c2cnoc2)o1. The van der Waals surface area contributed by atoms with Gasteiger partial charge in [0.2, 0.25) is 0 Å². The molecule has 0 atom stereocenters. The first-order valence-corrected chi connectivity index (χ1v) is 5.20. The molecule has 0 aliphatic rings. The van der Waals surface area contributed by atoms with Gasteiger partial charge >= 0.3 is 0 Å². The third kappa shape index (κ3) is 1.93. The molecule has 0 radical (unpaired) electrons. The van der Waals surface area contributed by atoms with E-state index in [0.717, 1.165) is 30.1 Å². The highest BCUT2D eigenvalue weighted by molar-refractivity contribution is 5.52. The van der Waals surface area contributed by atoms with Crippen molar-refractivity contribution in [2.24, 2.45) is 0 Å². The molecule has 0 bridgehead atoms. The average molecular weight is 206 g/mol. The van der Waals surface area contributed by atoms with Crippen molar-refractivity contribution in [1.82, 2.24) is 10.1 Å². The van der Waals surface area contributed by atoms with Crippen LogP contribution in [0.15, 0.2) is 27.6 Å². The van der Waals surface area contributed by atoms with Crippen molar-refractivity contribution >= 4 is 0 Å². The Morgan fingerprint density at radius 3 is 2.67 bits per heavy atom. The summed E-state index contributed by atoms with van der Waals surface area (Å²) >= 11 is 0. The zero-order chi connectivity index (χ0) is 10.7. The van der Waals surface area contributed by atoms with Crippen molar-refractivity contribution in [3.63, 3.8) is 0 Å². The summed E-state index contributed by atoms with van der Waals surface area (Å²) in [6.45, 7) is 4.27. The number of aromatic nitrogens is 2. The van der Waals surface area contributed by atoms with Crippen LogP contribution in [0.5, 0.6) is 0 Å². The van der Waals surface area contributed by atoms with Crippen LogP contribution in [0.1, 0.15) is 38.5 Å². The van der Waals surface area contributed by atoms with Gasteiger partial charge in [0, 0.05) is 5.92 Å². The Morgan fingerprint density at radius 1 is 1.27 bits per heavy atom. The van der Waals surface area contributed by atoms with Crippen LogP contribution in [0.25, 0.3) is 11.3 Å². The molecule has 4 heteroatoms. The molecular formula is C11H14N2O2. The van der Waals surface area contributed by atoms with Crippen LogP contribution in [0.3, 0.4) is 0 Å². The molecule has 0 spiro atoms.